The molecule has 3 aromatic rings. The second-order valence-electron chi connectivity index (χ2n) is 6.21. The van der Waals surface area contributed by atoms with Gasteiger partial charge in [-0.25, -0.2) is 0 Å². The van der Waals surface area contributed by atoms with Crippen molar-refractivity contribution in [3.63, 3.8) is 0 Å². The number of amides is 1. The van der Waals surface area contributed by atoms with Gasteiger partial charge in [-0.3, -0.25) is 14.2 Å². The number of aromatic nitrogens is 1. The third-order valence-electron chi connectivity index (χ3n) is 4.26. The highest BCUT2D eigenvalue weighted by Gasteiger charge is 2.13. The van der Waals surface area contributed by atoms with Crippen molar-refractivity contribution in [1.82, 2.24) is 4.57 Å². The Labute approximate surface area is 164 Å². The highest BCUT2D eigenvalue weighted by molar-refractivity contribution is 5.96. The average molecular weight is 380 g/mol. The van der Waals surface area contributed by atoms with Crippen molar-refractivity contribution in [2.75, 3.05) is 18.5 Å². The Morgan fingerprint density at radius 3 is 2.46 bits per heavy atom. The number of carbonyl (C=O) groups is 2. The van der Waals surface area contributed by atoms with Crippen molar-refractivity contribution in [1.29, 1.82) is 0 Å². The third-order valence-corrected chi connectivity index (χ3v) is 4.26. The summed E-state index contributed by atoms with van der Waals surface area (Å²) in [4.78, 5) is 24.8. The number of benzene rings is 2. The molecule has 1 aromatic heterocycles. The molecule has 146 valence electrons. The molecule has 0 fully saturated rings. The Balaban J connectivity index is 1.61. The van der Waals surface area contributed by atoms with Gasteiger partial charge in [-0.2, -0.15) is 0 Å². The van der Waals surface area contributed by atoms with E-state index in [0.717, 1.165) is 10.9 Å². The number of anilines is 1. The summed E-state index contributed by atoms with van der Waals surface area (Å²) in [6.45, 7) is 4.81. The number of rotatable bonds is 8. The molecule has 28 heavy (non-hydrogen) atoms. The molecule has 1 N–H and O–H groups in total. The normalized spacial score (nSPS) is 10.6. The maximum Gasteiger partial charge on any atom is 0.231 e. The van der Waals surface area contributed by atoms with Crippen LogP contribution in [-0.2, 0) is 4.79 Å². The largest absolute Gasteiger partial charge is 0.490 e. The van der Waals surface area contributed by atoms with E-state index in [-0.39, 0.29) is 24.7 Å². The minimum atomic E-state index is -0.226. The van der Waals surface area contributed by atoms with Gasteiger partial charge in [0.2, 0.25) is 11.8 Å². The van der Waals surface area contributed by atoms with Gasteiger partial charge in [0.15, 0.2) is 11.5 Å². The smallest absolute Gasteiger partial charge is 0.231 e. The molecule has 0 atom stereocenters. The number of carbonyl (C=O) groups excluding carboxylic acids is 2. The molecule has 1 heterocycles. The lowest BCUT2D eigenvalue weighted by molar-refractivity contribution is -0.116. The van der Waals surface area contributed by atoms with E-state index in [4.69, 9.17) is 9.47 Å². The van der Waals surface area contributed by atoms with E-state index in [9.17, 15) is 9.59 Å². The van der Waals surface area contributed by atoms with Gasteiger partial charge in [-0.1, -0.05) is 18.2 Å². The molecule has 3 rings (SSSR count). The number of ether oxygens (including phenoxy) is 2. The Hall–Kier alpha value is -3.28. The van der Waals surface area contributed by atoms with Crippen LogP contribution in [0.5, 0.6) is 11.5 Å². The third kappa shape index (κ3) is 4.52. The predicted molar refractivity (Wildman–Crippen MR) is 109 cm³/mol. The monoisotopic (exact) mass is 380 g/mol. The maximum absolute atomic E-state index is 12.5. The molecule has 6 heteroatoms. The SMILES string of the molecule is CCOc1ccc(NC(=O)CCC(=O)n2ccc3ccccc32)cc1OCC. The highest BCUT2D eigenvalue weighted by Crippen LogP contribution is 2.30. The first-order valence-electron chi connectivity index (χ1n) is 9.41. The second-order valence-corrected chi connectivity index (χ2v) is 6.21. The summed E-state index contributed by atoms with van der Waals surface area (Å²) in [6.07, 6.45) is 1.97. The van der Waals surface area contributed by atoms with Gasteiger partial charge in [0.25, 0.3) is 0 Å². The highest BCUT2D eigenvalue weighted by atomic mass is 16.5. The van der Waals surface area contributed by atoms with Gasteiger partial charge in [0.05, 0.1) is 18.7 Å². The first kappa shape index (κ1) is 19.5. The zero-order chi connectivity index (χ0) is 19.9. The van der Waals surface area contributed by atoms with E-state index in [1.54, 1.807) is 29.0 Å². The summed E-state index contributed by atoms with van der Waals surface area (Å²) < 4.78 is 12.7. The van der Waals surface area contributed by atoms with Crippen molar-refractivity contribution in [3.8, 4) is 11.5 Å². The number of para-hydroxylation sites is 1. The van der Waals surface area contributed by atoms with Gasteiger partial charge in [-0.05, 0) is 38.1 Å². The molecule has 6 nitrogen and oxygen atoms in total. The number of hydrogen-bond donors (Lipinski definition) is 1. The fraction of sp³-hybridized carbons (Fsp3) is 0.273. The number of fused-ring (bicyclic) bond motifs is 1. The van der Waals surface area contributed by atoms with E-state index in [1.165, 1.54) is 0 Å². The maximum atomic E-state index is 12.5. The second kappa shape index (κ2) is 9.08. The summed E-state index contributed by atoms with van der Waals surface area (Å²) in [6, 6.07) is 14.8. The van der Waals surface area contributed by atoms with Gasteiger partial charge < -0.3 is 14.8 Å². The molecule has 0 aliphatic heterocycles. The first-order valence-corrected chi connectivity index (χ1v) is 9.41. The summed E-state index contributed by atoms with van der Waals surface area (Å²) in [5.41, 5.74) is 1.46. The van der Waals surface area contributed by atoms with Crippen molar-refractivity contribution < 1.29 is 19.1 Å². The van der Waals surface area contributed by atoms with Crippen molar-refractivity contribution in [3.05, 3.63) is 54.7 Å². The van der Waals surface area contributed by atoms with Crippen LogP contribution in [0.3, 0.4) is 0 Å². The van der Waals surface area contributed by atoms with Crippen LogP contribution < -0.4 is 14.8 Å². The molecule has 0 aliphatic rings. The standard InChI is InChI=1S/C22H24N2O4/c1-3-27-19-10-9-17(15-20(19)28-4-2)23-21(25)11-12-22(26)24-14-13-16-7-5-6-8-18(16)24/h5-10,13-15H,3-4,11-12H2,1-2H3,(H,23,25). The summed E-state index contributed by atoms with van der Waals surface area (Å²) in [7, 11) is 0. The van der Waals surface area contributed by atoms with Gasteiger partial charge in [-0.15, -0.1) is 0 Å². The molecular formula is C22H24N2O4. The molecule has 0 bridgehead atoms. The molecule has 1 amide bonds. The molecule has 0 aliphatic carbocycles. The van der Waals surface area contributed by atoms with Crippen LogP contribution in [0.25, 0.3) is 10.9 Å². The van der Waals surface area contributed by atoms with Crippen LogP contribution in [0.2, 0.25) is 0 Å². The van der Waals surface area contributed by atoms with E-state index < -0.39 is 0 Å². The lowest BCUT2D eigenvalue weighted by Gasteiger charge is -2.13. The summed E-state index contributed by atoms with van der Waals surface area (Å²) in [5, 5.41) is 3.81. The van der Waals surface area contributed by atoms with Crippen LogP contribution in [0, 0.1) is 0 Å². The molecule has 0 saturated heterocycles. The van der Waals surface area contributed by atoms with E-state index in [2.05, 4.69) is 5.32 Å². The van der Waals surface area contributed by atoms with E-state index >= 15 is 0 Å². The fourth-order valence-electron chi connectivity index (χ4n) is 2.99. The van der Waals surface area contributed by atoms with Crippen LogP contribution in [0.1, 0.15) is 31.5 Å². The molecule has 0 radical (unpaired) electrons. The van der Waals surface area contributed by atoms with E-state index in [1.807, 2.05) is 44.2 Å². The Kier molecular flexibility index (Phi) is 6.32. The number of nitrogens with one attached hydrogen (secondary N) is 1. The van der Waals surface area contributed by atoms with Crippen molar-refractivity contribution in [2.45, 2.75) is 26.7 Å². The van der Waals surface area contributed by atoms with E-state index in [0.29, 0.717) is 30.4 Å². The number of nitrogens with zero attached hydrogens (tertiary/aromatic N) is 1. The lowest BCUT2D eigenvalue weighted by Crippen LogP contribution is -2.16. The van der Waals surface area contributed by atoms with Gasteiger partial charge in [0, 0.05) is 36.2 Å². The average Bonchev–Trinajstić information content (AvgIpc) is 3.13. The Morgan fingerprint density at radius 2 is 1.68 bits per heavy atom. The summed E-state index contributed by atoms with van der Waals surface area (Å²) in [5.74, 6) is 0.878. The number of hydrogen-bond acceptors (Lipinski definition) is 4. The Bertz CT molecular complexity index is 978. The lowest BCUT2D eigenvalue weighted by atomic mass is 10.2. The van der Waals surface area contributed by atoms with Crippen LogP contribution >= 0.6 is 0 Å². The van der Waals surface area contributed by atoms with Crippen molar-refractivity contribution in [2.24, 2.45) is 0 Å². The van der Waals surface area contributed by atoms with Crippen LogP contribution in [-0.4, -0.2) is 29.6 Å². The summed E-state index contributed by atoms with van der Waals surface area (Å²) >= 11 is 0. The fourth-order valence-corrected chi connectivity index (χ4v) is 2.99. The van der Waals surface area contributed by atoms with Crippen molar-refractivity contribution >= 4 is 28.4 Å². The molecule has 0 saturated carbocycles. The molecule has 0 unspecified atom stereocenters. The van der Waals surface area contributed by atoms with Crippen LogP contribution in [0.4, 0.5) is 5.69 Å². The minimum absolute atomic E-state index is 0.0997. The minimum Gasteiger partial charge on any atom is -0.490 e. The van der Waals surface area contributed by atoms with Gasteiger partial charge in [0.1, 0.15) is 0 Å². The predicted octanol–water partition coefficient (Wildman–Crippen LogP) is 4.50. The Morgan fingerprint density at radius 1 is 0.929 bits per heavy atom. The molecular weight excluding hydrogens is 356 g/mol. The molecule has 2 aromatic carbocycles. The van der Waals surface area contributed by atoms with Gasteiger partial charge >= 0.3 is 0 Å². The molecule has 0 spiro atoms. The topological polar surface area (TPSA) is 69.6 Å². The zero-order valence-corrected chi connectivity index (χ0v) is 16.1. The zero-order valence-electron chi connectivity index (χ0n) is 16.1. The van der Waals surface area contributed by atoms with Crippen LogP contribution in [0.15, 0.2) is 54.7 Å². The quantitative estimate of drug-likeness (QED) is 0.625. The first-order chi connectivity index (χ1) is 13.6.